The molecule has 0 aliphatic heterocycles. The molecule has 140 valence electrons. The summed E-state index contributed by atoms with van der Waals surface area (Å²) in [4.78, 5) is 11.8. The molecule has 7 nitrogen and oxygen atoms in total. The smallest absolute Gasteiger partial charge is 0.293 e. The van der Waals surface area contributed by atoms with E-state index in [1.165, 1.54) is 30.5 Å². The minimum absolute atomic E-state index is 0.158. The first-order valence-corrected chi connectivity index (χ1v) is 10.4. The molecule has 0 radical (unpaired) electrons. The highest BCUT2D eigenvalue weighted by atomic mass is 32.2. The van der Waals surface area contributed by atoms with E-state index in [-0.39, 0.29) is 22.3 Å². The average molecular weight is 403 g/mol. The van der Waals surface area contributed by atoms with E-state index >= 15 is 0 Å². The summed E-state index contributed by atoms with van der Waals surface area (Å²) >= 11 is 1.53. The highest BCUT2D eigenvalue weighted by molar-refractivity contribution is 7.89. The summed E-state index contributed by atoms with van der Waals surface area (Å²) in [5.74, 6) is 0. The molecule has 0 bridgehead atoms. The topological polar surface area (TPSA) is 101 Å². The van der Waals surface area contributed by atoms with Crippen LogP contribution in [0.5, 0.6) is 0 Å². The van der Waals surface area contributed by atoms with Crippen molar-refractivity contribution in [3.63, 3.8) is 0 Å². The molecule has 3 aromatic rings. The second-order valence-corrected chi connectivity index (χ2v) is 8.51. The van der Waals surface area contributed by atoms with Crippen molar-refractivity contribution in [1.82, 2.24) is 4.72 Å². The quantitative estimate of drug-likeness (QED) is 0.462. The van der Waals surface area contributed by atoms with Crippen LogP contribution in [0.3, 0.4) is 0 Å². The van der Waals surface area contributed by atoms with E-state index in [9.17, 15) is 18.5 Å². The number of rotatable bonds is 7. The molecule has 1 atom stereocenters. The number of nitrogens with zero attached hydrogens (tertiary/aromatic N) is 1. The fourth-order valence-electron chi connectivity index (χ4n) is 2.64. The molecule has 0 amide bonds. The molecular weight excluding hydrogens is 386 g/mol. The minimum Gasteiger partial charge on any atom is -0.368 e. The van der Waals surface area contributed by atoms with E-state index in [1.54, 1.807) is 0 Å². The van der Waals surface area contributed by atoms with E-state index in [0.717, 1.165) is 16.5 Å². The van der Waals surface area contributed by atoms with Gasteiger partial charge in [-0.15, -0.1) is 11.3 Å². The maximum absolute atomic E-state index is 12.0. The van der Waals surface area contributed by atoms with Crippen LogP contribution in [0.4, 0.5) is 11.4 Å². The summed E-state index contributed by atoms with van der Waals surface area (Å²) in [7, 11) is -2.52. The number of thiophene rings is 1. The van der Waals surface area contributed by atoms with Crippen molar-refractivity contribution in [3.8, 4) is 0 Å². The first-order valence-electron chi connectivity index (χ1n) is 7.99. The highest BCUT2D eigenvalue weighted by Crippen LogP contribution is 2.34. The summed E-state index contributed by atoms with van der Waals surface area (Å²) in [5.41, 5.74) is 0.891. The molecule has 2 N–H and O–H groups in total. The Labute approximate surface area is 160 Å². The summed E-state index contributed by atoms with van der Waals surface area (Å²) in [6.07, 6.45) is 0. The van der Waals surface area contributed by atoms with Crippen molar-refractivity contribution < 1.29 is 13.3 Å². The molecule has 9 heteroatoms. The molecule has 2 aromatic carbocycles. The van der Waals surface area contributed by atoms with Gasteiger partial charge in [-0.05, 0) is 36.2 Å². The number of sulfonamides is 1. The number of nitro groups is 1. The van der Waals surface area contributed by atoms with Crippen LogP contribution in [0.2, 0.25) is 0 Å². The van der Waals surface area contributed by atoms with E-state index in [4.69, 9.17) is 0 Å². The molecule has 1 heterocycles. The first kappa shape index (κ1) is 19.0. The van der Waals surface area contributed by atoms with Gasteiger partial charge in [0.15, 0.2) is 0 Å². The lowest BCUT2D eigenvalue weighted by atomic mass is 10.0. The largest absolute Gasteiger partial charge is 0.368 e. The van der Waals surface area contributed by atoms with Gasteiger partial charge in [-0.25, -0.2) is 13.1 Å². The number of benzene rings is 2. The molecule has 27 heavy (non-hydrogen) atoms. The first-order chi connectivity index (χ1) is 12.9. The van der Waals surface area contributed by atoms with E-state index in [2.05, 4.69) is 10.0 Å². The summed E-state index contributed by atoms with van der Waals surface area (Å²) in [6, 6.07) is 16.9. The van der Waals surface area contributed by atoms with Crippen molar-refractivity contribution in [1.29, 1.82) is 0 Å². The molecule has 0 aliphatic rings. The van der Waals surface area contributed by atoms with Gasteiger partial charge in [-0.1, -0.05) is 36.4 Å². The van der Waals surface area contributed by atoms with Crippen molar-refractivity contribution in [2.75, 3.05) is 12.4 Å². The van der Waals surface area contributed by atoms with Crippen LogP contribution >= 0.6 is 11.3 Å². The van der Waals surface area contributed by atoms with E-state index in [1.807, 2.05) is 47.8 Å². The zero-order valence-electron chi connectivity index (χ0n) is 14.3. The van der Waals surface area contributed by atoms with Crippen molar-refractivity contribution in [2.24, 2.45) is 0 Å². The van der Waals surface area contributed by atoms with Crippen molar-refractivity contribution in [3.05, 3.63) is 86.6 Å². The van der Waals surface area contributed by atoms with Gasteiger partial charge in [-0.2, -0.15) is 0 Å². The second kappa shape index (κ2) is 7.87. The highest BCUT2D eigenvalue weighted by Gasteiger charge is 2.23. The second-order valence-electron chi connectivity index (χ2n) is 5.65. The Balaban J connectivity index is 2.05. The lowest BCUT2D eigenvalue weighted by Gasteiger charge is -2.19. The van der Waals surface area contributed by atoms with Crippen LogP contribution < -0.4 is 10.0 Å². The predicted octanol–water partition coefficient (Wildman–Crippen LogP) is 3.77. The molecule has 0 fully saturated rings. The number of anilines is 1. The fourth-order valence-corrected chi connectivity index (χ4v) is 4.20. The lowest BCUT2D eigenvalue weighted by molar-refractivity contribution is -0.384. The maximum atomic E-state index is 12.0. The molecule has 0 unspecified atom stereocenters. The lowest BCUT2D eigenvalue weighted by Crippen LogP contribution is -2.19. The van der Waals surface area contributed by atoms with E-state index in [0.29, 0.717) is 0 Å². The monoisotopic (exact) mass is 403 g/mol. The van der Waals surface area contributed by atoms with Crippen LogP contribution in [0.25, 0.3) is 0 Å². The standard InChI is InChI=1S/C18H17N3O4S2/c1-19-27(24,25)14-9-10-15(16(12-14)21(22)23)20-18(17-8-5-11-26-17)13-6-3-2-4-7-13/h2-12,18-20H,1H3/t18-/m1/s1. The number of nitrogens with one attached hydrogen (secondary N) is 2. The SMILES string of the molecule is CNS(=O)(=O)c1ccc(N[C@H](c2ccccc2)c2cccs2)c([N+](=O)[O-])c1. The molecule has 0 aliphatic carbocycles. The van der Waals surface area contributed by atoms with Crippen LogP contribution in [0.1, 0.15) is 16.5 Å². The molecular formula is C18H17N3O4S2. The summed E-state index contributed by atoms with van der Waals surface area (Å²) < 4.78 is 26.1. The van der Waals surface area contributed by atoms with Crippen LogP contribution in [-0.4, -0.2) is 20.4 Å². The Morgan fingerprint density at radius 2 is 1.81 bits per heavy atom. The van der Waals surface area contributed by atoms with Gasteiger partial charge < -0.3 is 5.32 Å². The molecule has 0 saturated heterocycles. The van der Waals surface area contributed by atoms with Gasteiger partial charge in [0, 0.05) is 10.9 Å². The third-order valence-corrected chi connectivity index (χ3v) is 6.35. The Bertz CT molecular complexity index is 1040. The van der Waals surface area contributed by atoms with Crippen molar-refractivity contribution in [2.45, 2.75) is 10.9 Å². The zero-order chi connectivity index (χ0) is 19.4. The molecule has 0 saturated carbocycles. The summed E-state index contributed by atoms with van der Waals surface area (Å²) in [6.45, 7) is 0. The van der Waals surface area contributed by atoms with E-state index < -0.39 is 14.9 Å². The maximum Gasteiger partial charge on any atom is 0.293 e. The molecule has 3 rings (SSSR count). The van der Waals surface area contributed by atoms with Gasteiger partial charge in [0.25, 0.3) is 5.69 Å². The normalized spacial score (nSPS) is 12.5. The minimum atomic E-state index is -3.77. The number of nitro benzene ring substituents is 1. The van der Waals surface area contributed by atoms with Gasteiger partial charge in [0.05, 0.1) is 15.9 Å². The third kappa shape index (κ3) is 4.16. The van der Waals surface area contributed by atoms with Gasteiger partial charge in [0.2, 0.25) is 10.0 Å². The van der Waals surface area contributed by atoms with Gasteiger partial charge >= 0.3 is 0 Å². The van der Waals surface area contributed by atoms with Crippen LogP contribution in [-0.2, 0) is 10.0 Å². The Morgan fingerprint density at radius 1 is 1.07 bits per heavy atom. The molecule has 0 spiro atoms. The van der Waals surface area contributed by atoms with Crippen LogP contribution in [0, 0.1) is 10.1 Å². The number of hydrogen-bond acceptors (Lipinski definition) is 6. The average Bonchev–Trinajstić information content (AvgIpc) is 3.21. The van der Waals surface area contributed by atoms with Crippen molar-refractivity contribution >= 4 is 32.7 Å². The van der Waals surface area contributed by atoms with Gasteiger partial charge in [-0.3, -0.25) is 10.1 Å². The van der Waals surface area contributed by atoms with Crippen LogP contribution in [0.15, 0.2) is 70.9 Å². The Hall–Kier alpha value is -2.75. The zero-order valence-corrected chi connectivity index (χ0v) is 16.0. The fraction of sp³-hybridized carbons (Fsp3) is 0.111. The Kier molecular flexibility index (Phi) is 5.54. The third-order valence-electron chi connectivity index (χ3n) is 4.01. The Morgan fingerprint density at radius 3 is 2.41 bits per heavy atom. The summed E-state index contributed by atoms with van der Waals surface area (Å²) in [5, 5.41) is 16.7. The predicted molar refractivity (Wildman–Crippen MR) is 106 cm³/mol. The molecule has 1 aromatic heterocycles. The van der Waals surface area contributed by atoms with Gasteiger partial charge in [0.1, 0.15) is 5.69 Å². The number of hydrogen-bond donors (Lipinski definition) is 2.